The molecule has 0 atom stereocenters. The Morgan fingerprint density at radius 3 is 2.54 bits per heavy atom. The van der Waals surface area contributed by atoms with Gasteiger partial charge in [0.15, 0.2) is 0 Å². The minimum Gasteiger partial charge on any atom is -0.494 e. The number of ether oxygens (including phenoxy) is 2. The molecule has 1 heterocycles. The van der Waals surface area contributed by atoms with Crippen molar-refractivity contribution < 1.29 is 23.5 Å². The zero-order valence-electron chi connectivity index (χ0n) is 15.6. The van der Waals surface area contributed by atoms with Gasteiger partial charge >= 0.3 is 0 Å². The van der Waals surface area contributed by atoms with E-state index >= 15 is 0 Å². The molecule has 3 rings (SSSR count). The first-order valence-corrected chi connectivity index (χ1v) is 9.73. The molecule has 0 aliphatic carbocycles. The van der Waals surface area contributed by atoms with Gasteiger partial charge in [-0.05, 0) is 49.9 Å². The average molecular weight is 401 g/mol. The molecule has 0 N–H and O–H groups in total. The van der Waals surface area contributed by atoms with Gasteiger partial charge in [0.2, 0.25) is 0 Å². The monoisotopic (exact) mass is 401 g/mol. The Morgan fingerprint density at radius 2 is 1.82 bits per heavy atom. The summed E-state index contributed by atoms with van der Waals surface area (Å²) in [5.74, 6) is 0.329. The molecular weight excluding hydrogens is 381 g/mol. The van der Waals surface area contributed by atoms with E-state index < -0.39 is 17.0 Å². The van der Waals surface area contributed by atoms with Crippen LogP contribution in [-0.2, 0) is 11.3 Å². The second-order valence-electron chi connectivity index (χ2n) is 5.92. The SMILES string of the molecule is CCOc1ccc(/C=C2\SC(=O)N(Cc3ccccc3F)C2=O)c(OCC)c1. The van der Waals surface area contributed by atoms with Crippen molar-refractivity contribution in [2.24, 2.45) is 0 Å². The summed E-state index contributed by atoms with van der Waals surface area (Å²) in [7, 11) is 0. The Hall–Kier alpha value is -2.80. The number of hydrogen-bond donors (Lipinski definition) is 0. The van der Waals surface area contributed by atoms with Gasteiger partial charge in [0, 0.05) is 17.2 Å². The Kier molecular flexibility index (Phi) is 6.36. The summed E-state index contributed by atoms with van der Waals surface area (Å²) in [6.07, 6.45) is 1.62. The molecule has 1 saturated heterocycles. The minimum atomic E-state index is -0.449. The Labute approximate surface area is 167 Å². The number of carbonyl (C=O) groups is 2. The normalized spacial score (nSPS) is 15.4. The summed E-state index contributed by atoms with van der Waals surface area (Å²) >= 11 is 0.832. The first-order chi connectivity index (χ1) is 13.5. The fraction of sp³-hybridized carbons (Fsp3) is 0.238. The van der Waals surface area contributed by atoms with E-state index in [4.69, 9.17) is 9.47 Å². The van der Waals surface area contributed by atoms with Crippen LogP contribution in [0.25, 0.3) is 6.08 Å². The molecule has 1 aliphatic heterocycles. The van der Waals surface area contributed by atoms with E-state index in [0.717, 1.165) is 16.7 Å². The van der Waals surface area contributed by atoms with E-state index in [1.807, 2.05) is 13.8 Å². The fourth-order valence-electron chi connectivity index (χ4n) is 2.75. The molecule has 28 heavy (non-hydrogen) atoms. The zero-order valence-corrected chi connectivity index (χ0v) is 16.4. The highest BCUT2D eigenvalue weighted by Crippen LogP contribution is 2.36. The van der Waals surface area contributed by atoms with Gasteiger partial charge in [-0.3, -0.25) is 14.5 Å². The summed E-state index contributed by atoms with van der Waals surface area (Å²) in [6.45, 7) is 4.63. The molecule has 2 aromatic rings. The van der Waals surface area contributed by atoms with Gasteiger partial charge in [-0.15, -0.1) is 0 Å². The van der Waals surface area contributed by atoms with Gasteiger partial charge in [0.25, 0.3) is 11.1 Å². The van der Waals surface area contributed by atoms with Crippen molar-refractivity contribution in [1.29, 1.82) is 0 Å². The first kappa shape index (κ1) is 19.9. The molecule has 146 valence electrons. The van der Waals surface area contributed by atoms with Crippen LogP contribution in [0.3, 0.4) is 0 Å². The highest BCUT2D eigenvalue weighted by molar-refractivity contribution is 8.18. The maximum Gasteiger partial charge on any atom is 0.293 e. The van der Waals surface area contributed by atoms with Crippen LogP contribution in [0.1, 0.15) is 25.0 Å². The van der Waals surface area contributed by atoms with E-state index in [-0.39, 0.29) is 11.4 Å². The number of rotatable bonds is 7. The molecule has 1 aliphatic rings. The molecule has 1 fully saturated rings. The lowest BCUT2D eigenvalue weighted by Gasteiger charge is -2.13. The molecule has 2 amide bonds. The molecule has 0 radical (unpaired) electrons. The third-order valence-corrected chi connectivity index (χ3v) is 4.95. The maximum absolute atomic E-state index is 13.9. The Bertz CT molecular complexity index is 928. The standard InChI is InChI=1S/C21H20FNO4S/c1-3-26-16-10-9-14(18(12-16)27-4-2)11-19-20(24)23(21(25)28-19)13-15-7-5-6-8-17(15)22/h5-12H,3-4,13H2,1-2H3/b19-11-. The second kappa shape index (κ2) is 8.93. The number of benzene rings is 2. The van der Waals surface area contributed by atoms with Crippen LogP contribution < -0.4 is 9.47 Å². The van der Waals surface area contributed by atoms with Crippen molar-refractivity contribution >= 4 is 29.0 Å². The van der Waals surface area contributed by atoms with Crippen LogP contribution in [0, 0.1) is 5.82 Å². The van der Waals surface area contributed by atoms with Crippen LogP contribution in [-0.4, -0.2) is 29.3 Å². The first-order valence-electron chi connectivity index (χ1n) is 8.92. The number of carbonyl (C=O) groups excluding carboxylic acids is 2. The molecule has 5 nitrogen and oxygen atoms in total. The number of imide groups is 1. The summed E-state index contributed by atoms with van der Waals surface area (Å²) in [4.78, 5) is 26.3. The molecule has 2 aromatic carbocycles. The lowest BCUT2D eigenvalue weighted by molar-refractivity contribution is -0.123. The molecule has 0 aromatic heterocycles. The number of hydrogen-bond acceptors (Lipinski definition) is 5. The number of thioether (sulfide) groups is 1. The summed E-state index contributed by atoms with van der Waals surface area (Å²) in [6, 6.07) is 11.4. The number of halogens is 1. The van der Waals surface area contributed by atoms with Crippen LogP contribution in [0.15, 0.2) is 47.4 Å². The predicted molar refractivity (Wildman–Crippen MR) is 107 cm³/mol. The lowest BCUT2D eigenvalue weighted by atomic mass is 10.1. The van der Waals surface area contributed by atoms with Crippen LogP contribution in [0.2, 0.25) is 0 Å². The van der Waals surface area contributed by atoms with Crippen molar-refractivity contribution in [3.63, 3.8) is 0 Å². The van der Waals surface area contributed by atoms with Crippen LogP contribution in [0.4, 0.5) is 9.18 Å². The van der Waals surface area contributed by atoms with Crippen molar-refractivity contribution in [2.45, 2.75) is 20.4 Å². The van der Waals surface area contributed by atoms with E-state index in [9.17, 15) is 14.0 Å². The smallest absolute Gasteiger partial charge is 0.293 e. The van der Waals surface area contributed by atoms with Gasteiger partial charge < -0.3 is 9.47 Å². The van der Waals surface area contributed by atoms with E-state index in [2.05, 4.69) is 0 Å². The highest BCUT2D eigenvalue weighted by Gasteiger charge is 2.35. The van der Waals surface area contributed by atoms with E-state index in [0.29, 0.717) is 35.8 Å². The Morgan fingerprint density at radius 1 is 1.07 bits per heavy atom. The minimum absolute atomic E-state index is 0.101. The predicted octanol–water partition coefficient (Wildman–Crippen LogP) is 4.86. The number of nitrogens with zero attached hydrogens (tertiary/aromatic N) is 1. The van der Waals surface area contributed by atoms with Crippen LogP contribution >= 0.6 is 11.8 Å². The van der Waals surface area contributed by atoms with E-state index in [1.54, 1.807) is 42.5 Å². The third kappa shape index (κ3) is 4.36. The summed E-state index contributed by atoms with van der Waals surface area (Å²) < 4.78 is 25.0. The molecule has 7 heteroatoms. The van der Waals surface area contributed by atoms with Crippen molar-refractivity contribution in [2.75, 3.05) is 13.2 Å². The largest absolute Gasteiger partial charge is 0.494 e. The van der Waals surface area contributed by atoms with Gasteiger partial charge in [0.1, 0.15) is 17.3 Å². The summed E-state index contributed by atoms with van der Waals surface area (Å²) in [5.41, 5.74) is 0.962. The maximum atomic E-state index is 13.9. The highest BCUT2D eigenvalue weighted by atomic mass is 32.2. The van der Waals surface area contributed by atoms with Gasteiger partial charge in [-0.25, -0.2) is 4.39 Å². The topological polar surface area (TPSA) is 55.8 Å². The molecule has 0 bridgehead atoms. The van der Waals surface area contributed by atoms with Crippen LogP contribution in [0.5, 0.6) is 11.5 Å². The van der Waals surface area contributed by atoms with Crippen molar-refractivity contribution in [3.8, 4) is 11.5 Å². The molecule has 0 spiro atoms. The lowest BCUT2D eigenvalue weighted by Crippen LogP contribution is -2.27. The third-order valence-electron chi connectivity index (χ3n) is 4.04. The second-order valence-corrected chi connectivity index (χ2v) is 6.92. The van der Waals surface area contributed by atoms with Gasteiger partial charge in [0.05, 0.1) is 24.7 Å². The van der Waals surface area contributed by atoms with Crippen molar-refractivity contribution in [3.05, 3.63) is 64.3 Å². The number of amides is 2. The van der Waals surface area contributed by atoms with Gasteiger partial charge in [-0.2, -0.15) is 0 Å². The zero-order chi connectivity index (χ0) is 20.1. The summed E-state index contributed by atoms with van der Waals surface area (Å²) in [5, 5.41) is -0.427. The van der Waals surface area contributed by atoms with E-state index in [1.165, 1.54) is 6.07 Å². The average Bonchev–Trinajstić information content (AvgIpc) is 2.93. The van der Waals surface area contributed by atoms with Crippen molar-refractivity contribution in [1.82, 2.24) is 4.90 Å². The fourth-order valence-corrected chi connectivity index (χ4v) is 3.57. The Balaban J connectivity index is 1.86. The van der Waals surface area contributed by atoms with Gasteiger partial charge in [-0.1, -0.05) is 18.2 Å². The molecular formula is C21H20FNO4S. The molecule has 0 saturated carbocycles. The quantitative estimate of drug-likeness (QED) is 0.620. The molecule has 0 unspecified atom stereocenters.